The molecule has 194 valence electrons. The first-order valence-electron chi connectivity index (χ1n) is 13.5. The molecule has 0 saturated carbocycles. The highest BCUT2D eigenvalue weighted by Gasteiger charge is 2.34. The molecule has 7 nitrogen and oxygen atoms in total. The lowest BCUT2D eigenvalue weighted by atomic mass is 9.90. The fraction of sp³-hybridized carbons (Fsp3) is 0.448. The molecular weight excluding hydrogens is 465 g/mol. The molecule has 2 aromatic carbocycles. The lowest BCUT2D eigenvalue weighted by Gasteiger charge is -2.47. The van der Waals surface area contributed by atoms with E-state index >= 15 is 0 Å². The number of aromatic nitrogens is 4. The van der Waals surface area contributed by atoms with Crippen LogP contribution in [-0.2, 0) is 6.42 Å². The average Bonchev–Trinajstić information content (AvgIpc) is 3.60. The number of fused-ring (bicyclic) bond motifs is 1. The zero-order valence-corrected chi connectivity index (χ0v) is 21.5. The van der Waals surface area contributed by atoms with Crippen LogP contribution in [0.3, 0.4) is 0 Å². The normalized spacial score (nSPS) is 23.6. The number of halogens is 1. The number of hydrogen-bond donors (Lipinski definition) is 2. The first-order chi connectivity index (χ1) is 18.1. The Morgan fingerprint density at radius 1 is 1.05 bits per heavy atom. The van der Waals surface area contributed by atoms with Gasteiger partial charge in [0.1, 0.15) is 18.5 Å². The highest BCUT2D eigenvalue weighted by Crippen LogP contribution is 2.32. The third-order valence-electron chi connectivity index (χ3n) is 8.28. The minimum Gasteiger partial charge on any atom is -0.361 e. The first kappa shape index (κ1) is 24.3. The Labute approximate surface area is 217 Å². The fourth-order valence-electron chi connectivity index (χ4n) is 6.26. The lowest BCUT2D eigenvalue weighted by Crippen LogP contribution is -2.55. The van der Waals surface area contributed by atoms with E-state index in [1.54, 1.807) is 24.8 Å². The highest BCUT2D eigenvalue weighted by atomic mass is 19.1. The van der Waals surface area contributed by atoms with Gasteiger partial charge in [-0.2, -0.15) is 0 Å². The molecule has 3 atom stereocenters. The number of rotatable bonds is 7. The number of aromatic amines is 1. The summed E-state index contributed by atoms with van der Waals surface area (Å²) in [4.78, 5) is 8.54. The molecule has 3 unspecified atom stereocenters. The van der Waals surface area contributed by atoms with Crippen molar-refractivity contribution in [2.24, 2.45) is 0 Å². The summed E-state index contributed by atoms with van der Waals surface area (Å²) in [5.41, 5.74) is 4.85. The molecular formula is C29H36FN7. The summed E-state index contributed by atoms with van der Waals surface area (Å²) in [6, 6.07) is 15.0. The van der Waals surface area contributed by atoms with E-state index in [0.717, 1.165) is 44.7 Å². The molecule has 2 aliphatic heterocycles. The van der Waals surface area contributed by atoms with E-state index in [-0.39, 0.29) is 5.82 Å². The number of piperidine rings is 1. The highest BCUT2D eigenvalue weighted by molar-refractivity contribution is 5.85. The van der Waals surface area contributed by atoms with Gasteiger partial charge < -0.3 is 15.2 Å². The van der Waals surface area contributed by atoms with Crippen LogP contribution in [0.2, 0.25) is 0 Å². The van der Waals surface area contributed by atoms with Gasteiger partial charge >= 0.3 is 0 Å². The van der Waals surface area contributed by atoms with Crippen molar-refractivity contribution >= 4 is 10.9 Å². The van der Waals surface area contributed by atoms with Crippen molar-refractivity contribution in [1.29, 1.82) is 0 Å². The number of likely N-dealkylation sites (N-methyl/N-ethyl adjacent to an activating group) is 1. The summed E-state index contributed by atoms with van der Waals surface area (Å²) in [6.07, 6.45) is 11.4. The van der Waals surface area contributed by atoms with Gasteiger partial charge in [-0.15, -0.1) is 10.2 Å². The molecule has 2 N–H and O–H groups in total. The van der Waals surface area contributed by atoms with Crippen molar-refractivity contribution in [3.8, 4) is 5.69 Å². The molecule has 0 spiro atoms. The van der Waals surface area contributed by atoms with Gasteiger partial charge in [0, 0.05) is 60.5 Å². The van der Waals surface area contributed by atoms with Crippen molar-refractivity contribution in [2.45, 2.75) is 50.2 Å². The Kier molecular flexibility index (Phi) is 7.04. The molecule has 2 aliphatic rings. The fourth-order valence-corrected chi connectivity index (χ4v) is 6.26. The van der Waals surface area contributed by atoms with E-state index in [0.29, 0.717) is 18.1 Å². The van der Waals surface area contributed by atoms with Crippen molar-refractivity contribution in [1.82, 2.24) is 34.9 Å². The zero-order chi connectivity index (χ0) is 25.2. The van der Waals surface area contributed by atoms with Crippen LogP contribution in [0, 0.1) is 5.82 Å². The molecule has 2 aromatic heterocycles. The maximum absolute atomic E-state index is 13.6. The molecule has 0 bridgehead atoms. The molecule has 2 saturated heterocycles. The van der Waals surface area contributed by atoms with Crippen LogP contribution in [0.1, 0.15) is 42.9 Å². The summed E-state index contributed by atoms with van der Waals surface area (Å²) in [7, 11) is 2.19. The van der Waals surface area contributed by atoms with Crippen LogP contribution < -0.4 is 5.32 Å². The smallest absolute Gasteiger partial charge is 0.123 e. The second kappa shape index (κ2) is 10.7. The molecule has 37 heavy (non-hydrogen) atoms. The number of nitrogens with zero attached hydrogens (tertiary/aromatic N) is 5. The second-order valence-corrected chi connectivity index (χ2v) is 10.7. The summed E-state index contributed by atoms with van der Waals surface area (Å²) in [5, 5.41) is 12.9. The molecule has 2 fully saturated rings. The molecule has 4 aromatic rings. The Balaban J connectivity index is 1.09. The Morgan fingerprint density at radius 2 is 1.89 bits per heavy atom. The monoisotopic (exact) mass is 501 g/mol. The van der Waals surface area contributed by atoms with Crippen LogP contribution in [0.15, 0.2) is 61.3 Å². The molecule has 0 aliphatic carbocycles. The number of hydrogen-bond acceptors (Lipinski definition) is 5. The number of piperazine rings is 1. The van der Waals surface area contributed by atoms with E-state index in [1.807, 2.05) is 16.7 Å². The Bertz CT molecular complexity index is 1300. The van der Waals surface area contributed by atoms with Crippen molar-refractivity contribution in [3.05, 3.63) is 78.3 Å². The van der Waals surface area contributed by atoms with Crippen LogP contribution in [-0.4, -0.2) is 74.9 Å². The van der Waals surface area contributed by atoms with Gasteiger partial charge in [0.25, 0.3) is 0 Å². The van der Waals surface area contributed by atoms with Crippen molar-refractivity contribution < 1.29 is 4.39 Å². The molecule has 8 heteroatoms. The predicted molar refractivity (Wildman–Crippen MR) is 144 cm³/mol. The van der Waals surface area contributed by atoms with Gasteiger partial charge in [-0.1, -0.05) is 12.1 Å². The van der Waals surface area contributed by atoms with E-state index in [4.69, 9.17) is 0 Å². The Hall–Kier alpha value is -3.07. The first-order valence-corrected chi connectivity index (χ1v) is 13.5. The summed E-state index contributed by atoms with van der Waals surface area (Å²) >= 11 is 0. The topological polar surface area (TPSA) is 65.0 Å². The maximum atomic E-state index is 13.6. The summed E-state index contributed by atoms with van der Waals surface area (Å²) in [6.45, 7) is 4.22. The lowest BCUT2D eigenvalue weighted by molar-refractivity contribution is 0.0316. The van der Waals surface area contributed by atoms with E-state index in [9.17, 15) is 4.39 Å². The largest absolute Gasteiger partial charge is 0.361 e. The van der Waals surface area contributed by atoms with Crippen LogP contribution in [0.25, 0.3) is 16.6 Å². The summed E-state index contributed by atoms with van der Waals surface area (Å²) < 4.78 is 15.5. The summed E-state index contributed by atoms with van der Waals surface area (Å²) in [5.74, 6) is -0.161. The average molecular weight is 502 g/mol. The van der Waals surface area contributed by atoms with E-state index in [1.165, 1.54) is 41.3 Å². The minimum absolute atomic E-state index is 0.161. The van der Waals surface area contributed by atoms with E-state index < -0.39 is 0 Å². The van der Waals surface area contributed by atoms with Gasteiger partial charge in [-0.3, -0.25) is 9.47 Å². The van der Waals surface area contributed by atoms with Gasteiger partial charge in [0.2, 0.25) is 0 Å². The van der Waals surface area contributed by atoms with Crippen molar-refractivity contribution in [3.63, 3.8) is 0 Å². The molecule has 6 rings (SSSR count). The standard InChI is InChI=1S/C29H36FN7/c1-35-13-14-37(29(18-35)21-5-7-23(30)8-6-21)26-11-12-31-24(15-26)4-2-3-22-17-32-28-10-9-25(16-27(22)28)36-19-33-34-20-36/h5-10,16-17,19-20,24,26,29,31-32H,2-4,11-15,18H2,1H3. The predicted octanol–water partition coefficient (Wildman–Crippen LogP) is 4.32. The minimum atomic E-state index is -0.161. The third kappa shape index (κ3) is 5.32. The molecule has 0 radical (unpaired) electrons. The second-order valence-electron chi connectivity index (χ2n) is 10.7. The third-order valence-corrected chi connectivity index (χ3v) is 8.28. The maximum Gasteiger partial charge on any atom is 0.123 e. The number of benzene rings is 2. The van der Waals surface area contributed by atoms with Crippen LogP contribution in [0.5, 0.6) is 0 Å². The SMILES string of the molecule is CN1CCN(C2CCNC(CCCc3c[nH]c4ccc(-n5cnnc5)cc34)C2)C(c2ccc(F)cc2)C1. The van der Waals surface area contributed by atoms with Crippen molar-refractivity contribution in [2.75, 3.05) is 33.2 Å². The number of H-pyrrole nitrogens is 1. The number of nitrogens with one attached hydrogen (secondary N) is 2. The molecule has 4 heterocycles. The van der Waals surface area contributed by atoms with Gasteiger partial charge in [0.15, 0.2) is 0 Å². The van der Waals surface area contributed by atoms with Crippen LogP contribution >= 0.6 is 0 Å². The van der Waals surface area contributed by atoms with Gasteiger partial charge in [0.05, 0.1) is 0 Å². The van der Waals surface area contributed by atoms with Gasteiger partial charge in [-0.05, 0) is 87.2 Å². The quantitative estimate of drug-likeness (QED) is 0.395. The zero-order valence-electron chi connectivity index (χ0n) is 21.5. The van der Waals surface area contributed by atoms with Crippen LogP contribution in [0.4, 0.5) is 4.39 Å². The number of aryl methyl sites for hydroxylation is 1. The Morgan fingerprint density at radius 3 is 2.73 bits per heavy atom. The van der Waals surface area contributed by atoms with E-state index in [2.05, 4.69) is 61.7 Å². The van der Waals surface area contributed by atoms with Gasteiger partial charge in [-0.25, -0.2) is 4.39 Å². The molecule has 0 amide bonds.